The van der Waals surface area contributed by atoms with Crippen molar-refractivity contribution in [3.63, 3.8) is 0 Å². The second-order valence-corrected chi connectivity index (χ2v) is 9.48. The minimum absolute atomic E-state index is 0.0549. The molecule has 1 fully saturated rings. The zero-order chi connectivity index (χ0) is 17.1. The number of nitrogens with one attached hydrogen (secondary N) is 1. The van der Waals surface area contributed by atoms with Crippen LogP contribution in [0.1, 0.15) is 32.8 Å². The second kappa shape index (κ2) is 7.20. The van der Waals surface area contributed by atoms with E-state index in [2.05, 4.69) is 26.1 Å². The maximum absolute atomic E-state index is 11.4. The Labute approximate surface area is 139 Å². The molecule has 0 aliphatic carbocycles. The summed E-state index contributed by atoms with van der Waals surface area (Å²) < 4.78 is 28.3. The van der Waals surface area contributed by atoms with Crippen LogP contribution in [0.15, 0.2) is 24.3 Å². The SMILES string of the molecule is CC(C)(C)c1ccc(OCC(O)CNC2CCS(=O)(=O)C2)cc1. The Morgan fingerprint density at radius 2 is 1.96 bits per heavy atom. The molecule has 0 aromatic heterocycles. The van der Waals surface area contributed by atoms with E-state index in [4.69, 9.17) is 4.74 Å². The standard InChI is InChI=1S/C17H27NO4S/c1-17(2,3)13-4-6-16(7-5-13)22-11-15(19)10-18-14-8-9-23(20,21)12-14/h4-7,14-15,18-19H,8-12H2,1-3H3. The zero-order valence-corrected chi connectivity index (χ0v) is 14.9. The molecule has 1 aliphatic heterocycles. The van der Waals surface area contributed by atoms with Crippen LogP contribution in [0, 0.1) is 0 Å². The van der Waals surface area contributed by atoms with Crippen molar-refractivity contribution in [3.05, 3.63) is 29.8 Å². The average Bonchev–Trinajstić information content (AvgIpc) is 2.82. The number of sulfone groups is 1. The highest BCUT2D eigenvalue weighted by Crippen LogP contribution is 2.24. The largest absolute Gasteiger partial charge is 0.491 e. The zero-order valence-electron chi connectivity index (χ0n) is 14.1. The molecule has 0 amide bonds. The molecule has 0 bridgehead atoms. The highest BCUT2D eigenvalue weighted by molar-refractivity contribution is 7.91. The lowest BCUT2D eigenvalue weighted by Crippen LogP contribution is -2.38. The van der Waals surface area contributed by atoms with E-state index in [0.717, 1.165) is 5.75 Å². The van der Waals surface area contributed by atoms with Crippen molar-refractivity contribution in [2.45, 2.75) is 44.8 Å². The van der Waals surface area contributed by atoms with Crippen LogP contribution in [-0.2, 0) is 15.3 Å². The highest BCUT2D eigenvalue weighted by Gasteiger charge is 2.27. The third-order valence-electron chi connectivity index (χ3n) is 4.04. The molecule has 2 atom stereocenters. The van der Waals surface area contributed by atoms with Gasteiger partial charge in [0.05, 0.1) is 11.5 Å². The number of hydrogen-bond donors (Lipinski definition) is 2. The van der Waals surface area contributed by atoms with Crippen LogP contribution < -0.4 is 10.1 Å². The van der Waals surface area contributed by atoms with E-state index in [-0.39, 0.29) is 29.6 Å². The number of ether oxygens (including phenoxy) is 1. The van der Waals surface area contributed by atoms with Gasteiger partial charge in [-0.15, -0.1) is 0 Å². The summed E-state index contributed by atoms with van der Waals surface area (Å²) in [6, 6.07) is 7.82. The van der Waals surface area contributed by atoms with Crippen LogP contribution in [0.25, 0.3) is 0 Å². The normalized spacial score (nSPS) is 22.0. The van der Waals surface area contributed by atoms with E-state index in [1.165, 1.54) is 5.56 Å². The van der Waals surface area contributed by atoms with Gasteiger partial charge in [-0.1, -0.05) is 32.9 Å². The van der Waals surface area contributed by atoms with Crippen LogP contribution in [0.2, 0.25) is 0 Å². The quantitative estimate of drug-likeness (QED) is 0.820. The third-order valence-corrected chi connectivity index (χ3v) is 5.81. The first-order valence-corrected chi connectivity index (χ1v) is 9.83. The molecule has 0 saturated carbocycles. The van der Waals surface area contributed by atoms with Gasteiger partial charge in [0.25, 0.3) is 0 Å². The molecule has 2 unspecified atom stereocenters. The summed E-state index contributed by atoms with van der Waals surface area (Å²) in [7, 11) is -2.89. The molecule has 1 aromatic rings. The van der Waals surface area contributed by atoms with E-state index in [1.54, 1.807) is 0 Å². The van der Waals surface area contributed by atoms with Crippen LogP contribution in [0.4, 0.5) is 0 Å². The predicted octanol–water partition coefficient (Wildman–Crippen LogP) is 1.50. The summed E-state index contributed by atoms with van der Waals surface area (Å²) in [6.07, 6.45) is -0.0509. The van der Waals surface area contributed by atoms with E-state index in [9.17, 15) is 13.5 Å². The van der Waals surface area contributed by atoms with Gasteiger partial charge >= 0.3 is 0 Å². The van der Waals surface area contributed by atoms with Gasteiger partial charge in [0, 0.05) is 12.6 Å². The fourth-order valence-electron chi connectivity index (χ4n) is 2.56. The molecule has 2 rings (SSSR count). The summed E-state index contributed by atoms with van der Waals surface area (Å²) in [5.41, 5.74) is 1.33. The maximum atomic E-state index is 11.4. The molecular weight excluding hydrogens is 314 g/mol. The van der Waals surface area contributed by atoms with Crippen molar-refractivity contribution in [3.8, 4) is 5.75 Å². The van der Waals surface area contributed by atoms with Crippen molar-refractivity contribution in [1.29, 1.82) is 0 Å². The van der Waals surface area contributed by atoms with Gasteiger partial charge in [0.15, 0.2) is 9.84 Å². The molecule has 1 aromatic carbocycles. The van der Waals surface area contributed by atoms with Crippen LogP contribution >= 0.6 is 0 Å². The topological polar surface area (TPSA) is 75.6 Å². The van der Waals surface area contributed by atoms with Gasteiger partial charge in [-0.25, -0.2) is 8.42 Å². The summed E-state index contributed by atoms with van der Waals surface area (Å²) in [6.45, 7) is 6.98. The minimum atomic E-state index is -2.89. The smallest absolute Gasteiger partial charge is 0.151 e. The summed E-state index contributed by atoms with van der Waals surface area (Å²) in [4.78, 5) is 0. The Bertz CT molecular complexity index is 604. The van der Waals surface area contributed by atoms with Crippen molar-refractivity contribution >= 4 is 9.84 Å². The number of rotatable bonds is 6. The van der Waals surface area contributed by atoms with Crippen LogP contribution in [0.5, 0.6) is 5.75 Å². The Morgan fingerprint density at radius 3 is 2.48 bits per heavy atom. The first-order valence-electron chi connectivity index (χ1n) is 8.01. The second-order valence-electron chi connectivity index (χ2n) is 7.25. The summed E-state index contributed by atoms with van der Waals surface area (Å²) in [5.74, 6) is 1.12. The van der Waals surface area contributed by atoms with E-state index < -0.39 is 15.9 Å². The lowest BCUT2D eigenvalue weighted by molar-refractivity contribution is 0.104. The van der Waals surface area contributed by atoms with Crippen molar-refractivity contribution in [1.82, 2.24) is 5.32 Å². The van der Waals surface area contributed by atoms with Crippen molar-refractivity contribution in [2.24, 2.45) is 0 Å². The van der Waals surface area contributed by atoms with Gasteiger partial charge in [0.1, 0.15) is 18.5 Å². The van der Waals surface area contributed by atoms with E-state index in [0.29, 0.717) is 13.0 Å². The Kier molecular flexibility index (Phi) is 5.70. The number of hydrogen-bond acceptors (Lipinski definition) is 5. The Balaban J connectivity index is 1.73. The monoisotopic (exact) mass is 341 g/mol. The molecule has 1 heterocycles. The third kappa shape index (κ3) is 5.79. The van der Waals surface area contributed by atoms with Gasteiger partial charge in [-0.2, -0.15) is 0 Å². The van der Waals surface area contributed by atoms with Gasteiger partial charge in [-0.3, -0.25) is 0 Å². The molecule has 130 valence electrons. The van der Waals surface area contributed by atoms with Crippen molar-refractivity contribution in [2.75, 3.05) is 24.7 Å². The van der Waals surface area contributed by atoms with Crippen LogP contribution in [0.3, 0.4) is 0 Å². The lowest BCUT2D eigenvalue weighted by atomic mass is 9.87. The lowest BCUT2D eigenvalue weighted by Gasteiger charge is -2.20. The predicted molar refractivity (Wildman–Crippen MR) is 91.7 cm³/mol. The molecular formula is C17H27NO4S. The molecule has 2 N–H and O–H groups in total. The van der Waals surface area contributed by atoms with Gasteiger partial charge in [-0.05, 0) is 29.5 Å². The molecule has 0 radical (unpaired) electrons. The average molecular weight is 341 g/mol. The van der Waals surface area contributed by atoms with Gasteiger partial charge < -0.3 is 15.2 Å². The maximum Gasteiger partial charge on any atom is 0.151 e. The molecule has 23 heavy (non-hydrogen) atoms. The fourth-order valence-corrected chi connectivity index (χ4v) is 4.27. The Morgan fingerprint density at radius 1 is 1.30 bits per heavy atom. The first-order chi connectivity index (χ1) is 10.7. The molecule has 0 spiro atoms. The van der Waals surface area contributed by atoms with E-state index in [1.807, 2.05) is 24.3 Å². The molecule has 1 aliphatic rings. The number of aliphatic hydroxyl groups is 1. The summed E-state index contributed by atoms with van der Waals surface area (Å²) in [5, 5.41) is 13.0. The highest BCUT2D eigenvalue weighted by atomic mass is 32.2. The Hall–Kier alpha value is -1.11. The van der Waals surface area contributed by atoms with Crippen molar-refractivity contribution < 1.29 is 18.3 Å². The van der Waals surface area contributed by atoms with Gasteiger partial charge in [0.2, 0.25) is 0 Å². The minimum Gasteiger partial charge on any atom is -0.491 e. The summed E-state index contributed by atoms with van der Waals surface area (Å²) >= 11 is 0. The molecule has 1 saturated heterocycles. The number of aliphatic hydroxyl groups excluding tert-OH is 1. The first kappa shape index (κ1) is 18.2. The molecule has 5 nitrogen and oxygen atoms in total. The fraction of sp³-hybridized carbons (Fsp3) is 0.647. The van der Waals surface area contributed by atoms with Crippen LogP contribution in [-0.4, -0.2) is 50.3 Å². The number of benzene rings is 1. The van der Waals surface area contributed by atoms with E-state index >= 15 is 0 Å². The molecule has 6 heteroatoms.